The molecule has 142 valence electrons. The molecule has 26 heavy (non-hydrogen) atoms. The fourth-order valence-electron chi connectivity index (χ4n) is 2.93. The van der Waals surface area contributed by atoms with E-state index in [1.54, 1.807) is 4.90 Å². The molecule has 0 saturated carbocycles. The molecule has 5 heteroatoms. The lowest BCUT2D eigenvalue weighted by Crippen LogP contribution is -2.42. The van der Waals surface area contributed by atoms with Crippen molar-refractivity contribution in [1.29, 1.82) is 0 Å². The normalized spacial score (nSPS) is 13.0. The van der Waals surface area contributed by atoms with E-state index in [1.807, 2.05) is 32.9 Å². The number of amides is 1. The lowest BCUT2D eigenvalue weighted by molar-refractivity contribution is 0.0688. The minimum absolute atomic E-state index is 0.0437. The Kier molecular flexibility index (Phi) is 6.84. The van der Waals surface area contributed by atoms with Crippen LogP contribution in [0.25, 0.3) is 10.8 Å². The molecule has 1 atom stereocenters. The molecule has 0 aliphatic rings. The quantitative estimate of drug-likeness (QED) is 0.593. The molecular weight excluding hydrogens is 342 g/mol. The van der Waals surface area contributed by atoms with Crippen LogP contribution in [-0.4, -0.2) is 38.5 Å². The summed E-state index contributed by atoms with van der Waals surface area (Å²) in [4.78, 5) is 14.1. The topological polar surface area (TPSA) is 38.8 Å². The molecule has 2 aromatic carbocycles. The van der Waals surface area contributed by atoms with Crippen molar-refractivity contribution in [3.05, 3.63) is 48.0 Å². The zero-order chi connectivity index (χ0) is 19.3. The summed E-state index contributed by atoms with van der Waals surface area (Å²) >= 11 is 0. The predicted octanol–water partition coefficient (Wildman–Crippen LogP) is 5.60. The minimum atomic E-state index is -1.80. The molecule has 4 nitrogen and oxygen atoms in total. The second-order valence-electron chi connectivity index (χ2n) is 7.77. The Bertz CT molecular complexity index is 739. The maximum atomic E-state index is 12.4. The van der Waals surface area contributed by atoms with Crippen molar-refractivity contribution >= 4 is 25.2 Å². The van der Waals surface area contributed by atoms with Gasteiger partial charge in [0.15, 0.2) is 8.32 Å². The highest BCUT2D eigenvalue weighted by Crippen LogP contribution is 2.27. The van der Waals surface area contributed by atoms with Gasteiger partial charge in [-0.2, -0.15) is 0 Å². The van der Waals surface area contributed by atoms with Crippen LogP contribution in [0.4, 0.5) is 4.79 Å². The van der Waals surface area contributed by atoms with E-state index in [4.69, 9.17) is 9.16 Å². The predicted molar refractivity (Wildman–Crippen MR) is 110 cm³/mol. The summed E-state index contributed by atoms with van der Waals surface area (Å²) in [6.07, 6.45) is -0.453. The van der Waals surface area contributed by atoms with Gasteiger partial charge in [-0.1, -0.05) is 36.4 Å². The first-order chi connectivity index (χ1) is 12.2. The number of rotatable bonds is 7. The number of nitrogens with zero attached hydrogens (tertiary/aromatic N) is 1. The van der Waals surface area contributed by atoms with Gasteiger partial charge in [0, 0.05) is 6.04 Å². The molecule has 0 aliphatic heterocycles. The largest absolute Gasteiger partial charge is 0.450 e. The van der Waals surface area contributed by atoms with E-state index in [9.17, 15) is 4.79 Å². The molecule has 0 aromatic heterocycles. The summed E-state index contributed by atoms with van der Waals surface area (Å²) in [5, 5.41) is 2.38. The van der Waals surface area contributed by atoms with E-state index in [2.05, 4.69) is 50.0 Å². The molecule has 0 saturated heterocycles. The average Bonchev–Trinajstić information content (AvgIpc) is 2.57. The maximum absolute atomic E-state index is 12.4. The highest BCUT2D eigenvalue weighted by Gasteiger charge is 2.28. The Morgan fingerprint density at radius 2 is 1.73 bits per heavy atom. The highest BCUT2D eigenvalue weighted by molar-refractivity contribution is 6.69. The monoisotopic (exact) mass is 373 g/mol. The van der Waals surface area contributed by atoms with E-state index < -0.39 is 8.32 Å². The molecule has 0 N–H and O–H groups in total. The Morgan fingerprint density at radius 1 is 1.08 bits per heavy atom. The van der Waals surface area contributed by atoms with Gasteiger partial charge in [-0.25, -0.2) is 4.79 Å². The maximum Gasteiger partial charge on any atom is 0.410 e. The summed E-state index contributed by atoms with van der Waals surface area (Å²) in [6, 6.07) is 14.7. The van der Waals surface area contributed by atoms with Crippen LogP contribution in [-0.2, 0) is 9.16 Å². The minimum Gasteiger partial charge on any atom is -0.450 e. The van der Waals surface area contributed by atoms with E-state index in [0.717, 1.165) is 5.56 Å². The average molecular weight is 374 g/mol. The number of carbonyl (C=O) groups excluding carboxylic acids is 1. The van der Waals surface area contributed by atoms with E-state index >= 15 is 0 Å². The third-order valence-corrected chi connectivity index (χ3v) is 5.12. The fraction of sp³-hybridized carbons (Fsp3) is 0.476. The molecule has 0 aliphatic carbocycles. The summed E-state index contributed by atoms with van der Waals surface area (Å²) < 4.78 is 11.7. The molecule has 0 heterocycles. The second kappa shape index (κ2) is 8.69. The van der Waals surface area contributed by atoms with Crippen LogP contribution in [0.5, 0.6) is 0 Å². The van der Waals surface area contributed by atoms with E-state index in [-0.39, 0.29) is 18.2 Å². The zero-order valence-electron chi connectivity index (χ0n) is 16.8. The number of benzene rings is 2. The van der Waals surface area contributed by atoms with Crippen molar-refractivity contribution in [2.75, 3.05) is 13.2 Å². The van der Waals surface area contributed by atoms with Crippen LogP contribution in [0.15, 0.2) is 42.5 Å². The standard InChI is InChI=1S/C21H31NO3Si/c1-7-24-21(23)22(16(2)3)15-20(25-26(4,5)6)19-13-12-17-10-8-9-11-18(17)14-19/h8-14,16,20H,7,15H2,1-6H3. The molecule has 1 amide bonds. The van der Waals surface area contributed by atoms with Crippen molar-refractivity contribution < 1.29 is 14.0 Å². The van der Waals surface area contributed by atoms with Gasteiger partial charge in [-0.3, -0.25) is 0 Å². The number of ether oxygens (including phenoxy) is 1. The third kappa shape index (κ3) is 5.58. The second-order valence-corrected chi connectivity index (χ2v) is 12.2. The van der Waals surface area contributed by atoms with Gasteiger partial charge in [-0.05, 0) is 62.8 Å². The van der Waals surface area contributed by atoms with Crippen molar-refractivity contribution in [2.24, 2.45) is 0 Å². The smallest absolute Gasteiger partial charge is 0.410 e. The molecular formula is C21H31NO3Si. The van der Waals surface area contributed by atoms with Gasteiger partial charge in [0.05, 0.1) is 19.3 Å². The molecule has 2 rings (SSSR count). The van der Waals surface area contributed by atoms with Gasteiger partial charge < -0.3 is 14.1 Å². The first-order valence-electron chi connectivity index (χ1n) is 9.31. The van der Waals surface area contributed by atoms with E-state index in [1.165, 1.54) is 10.8 Å². The molecule has 0 bridgehead atoms. The number of fused-ring (bicyclic) bond motifs is 1. The lowest BCUT2D eigenvalue weighted by atomic mass is 10.0. The van der Waals surface area contributed by atoms with Crippen molar-refractivity contribution in [3.8, 4) is 0 Å². The Hall–Kier alpha value is -1.85. The van der Waals surface area contributed by atoms with Crippen molar-refractivity contribution in [3.63, 3.8) is 0 Å². The summed E-state index contributed by atoms with van der Waals surface area (Å²) in [6.45, 7) is 13.2. The van der Waals surface area contributed by atoms with Gasteiger partial charge in [0.1, 0.15) is 0 Å². The number of carbonyl (C=O) groups is 1. The Labute approximate surface area is 158 Å². The molecule has 1 unspecified atom stereocenters. The van der Waals surface area contributed by atoms with Crippen LogP contribution in [0.3, 0.4) is 0 Å². The molecule has 0 fully saturated rings. The zero-order valence-corrected chi connectivity index (χ0v) is 17.8. The van der Waals surface area contributed by atoms with Gasteiger partial charge in [-0.15, -0.1) is 0 Å². The van der Waals surface area contributed by atoms with Crippen LogP contribution in [0.2, 0.25) is 19.6 Å². The number of hydrogen-bond donors (Lipinski definition) is 0. The van der Waals surface area contributed by atoms with Crippen LogP contribution < -0.4 is 0 Å². The lowest BCUT2D eigenvalue weighted by Gasteiger charge is -2.33. The van der Waals surface area contributed by atoms with Crippen molar-refractivity contribution in [1.82, 2.24) is 4.90 Å². The molecule has 0 radical (unpaired) electrons. The third-order valence-electron chi connectivity index (χ3n) is 4.13. The van der Waals surface area contributed by atoms with E-state index in [0.29, 0.717) is 13.2 Å². The van der Waals surface area contributed by atoms with Crippen LogP contribution in [0, 0.1) is 0 Å². The fourth-order valence-corrected chi connectivity index (χ4v) is 3.99. The van der Waals surface area contributed by atoms with Crippen LogP contribution in [0.1, 0.15) is 32.4 Å². The van der Waals surface area contributed by atoms with Gasteiger partial charge in [0.2, 0.25) is 0 Å². The van der Waals surface area contributed by atoms with Gasteiger partial charge in [0.25, 0.3) is 0 Å². The summed E-state index contributed by atoms with van der Waals surface area (Å²) in [7, 11) is -1.80. The first-order valence-corrected chi connectivity index (χ1v) is 12.7. The first kappa shape index (κ1) is 20.5. The van der Waals surface area contributed by atoms with Crippen molar-refractivity contribution in [2.45, 2.75) is 52.6 Å². The Morgan fingerprint density at radius 3 is 2.31 bits per heavy atom. The molecule has 0 spiro atoms. The number of hydrogen-bond acceptors (Lipinski definition) is 3. The summed E-state index contributed by atoms with van der Waals surface area (Å²) in [5.41, 5.74) is 1.10. The van der Waals surface area contributed by atoms with Crippen LogP contribution >= 0.6 is 0 Å². The molecule has 2 aromatic rings. The highest BCUT2D eigenvalue weighted by atomic mass is 28.4. The Balaban J connectivity index is 2.36. The SMILES string of the molecule is CCOC(=O)N(CC(O[Si](C)(C)C)c1ccc2ccccc2c1)C(C)C. The van der Waals surface area contributed by atoms with Gasteiger partial charge >= 0.3 is 6.09 Å². The summed E-state index contributed by atoms with van der Waals surface area (Å²) in [5.74, 6) is 0.